The molecule has 130 valence electrons. The summed E-state index contributed by atoms with van der Waals surface area (Å²) < 4.78 is 7.20. The SMILES string of the molecule is CC(CNc1ccc2nnc(-c3ccccc3)n2n1)N1CCOCC1. The van der Waals surface area contributed by atoms with Crippen molar-refractivity contribution in [2.45, 2.75) is 13.0 Å². The van der Waals surface area contributed by atoms with Crippen molar-refractivity contribution in [3.63, 3.8) is 0 Å². The summed E-state index contributed by atoms with van der Waals surface area (Å²) in [7, 11) is 0. The Morgan fingerprint density at radius 1 is 1.08 bits per heavy atom. The van der Waals surface area contributed by atoms with Crippen LogP contribution in [0.25, 0.3) is 17.0 Å². The van der Waals surface area contributed by atoms with Gasteiger partial charge in [-0.05, 0) is 19.1 Å². The lowest BCUT2D eigenvalue weighted by Gasteiger charge is -2.32. The van der Waals surface area contributed by atoms with Gasteiger partial charge < -0.3 is 10.1 Å². The summed E-state index contributed by atoms with van der Waals surface area (Å²) in [5.74, 6) is 1.57. The molecule has 7 nitrogen and oxygen atoms in total. The second kappa shape index (κ2) is 7.16. The largest absolute Gasteiger partial charge is 0.379 e. The molecule has 2 aromatic heterocycles. The standard InChI is InChI=1S/C18H22N6O/c1-14(23-9-11-25-12-10-23)13-19-16-7-8-17-20-21-18(24(17)22-16)15-5-3-2-4-6-15/h2-8,14H,9-13H2,1H3,(H,19,22). The highest BCUT2D eigenvalue weighted by molar-refractivity contribution is 5.59. The number of hydrogen-bond acceptors (Lipinski definition) is 6. The van der Waals surface area contributed by atoms with Gasteiger partial charge in [-0.15, -0.1) is 15.3 Å². The molecule has 1 fully saturated rings. The van der Waals surface area contributed by atoms with Crippen LogP contribution in [0.15, 0.2) is 42.5 Å². The third-order valence-electron chi connectivity index (χ3n) is 4.54. The Labute approximate surface area is 146 Å². The van der Waals surface area contributed by atoms with E-state index in [4.69, 9.17) is 4.74 Å². The Bertz CT molecular complexity index is 828. The number of morpholine rings is 1. The molecule has 1 aromatic carbocycles. The minimum absolute atomic E-state index is 0.427. The maximum Gasteiger partial charge on any atom is 0.185 e. The van der Waals surface area contributed by atoms with Crippen molar-refractivity contribution < 1.29 is 4.74 Å². The molecular weight excluding hydrogens is 316 g/mol. The number of ether oxygens (including phenoxy) is 1. The summed E-state index contributed by atoms with van der Waals surface area (Å²) in [5.41, 5.74) is 1.74. The van der Waals surface area contributed by atoms with Gasteiger partial charge in [-0.1, -0.05) is 30.3 Å². The second-order valence-corrected chi connectivity index (χ2v) is 6.26. The molecule has 1 saturated heterocycles. The first kappa shape index (κ1) is 16.0. The zero-order valence-corrected chi connectivity index (χ0v) is 14.3. The quantitative estimate of drug-likeness (QED) is 0.767. The summed E-state index contributed by atoms with van der Waals surface area (Å²) in [6.07, 6.45) is 0. The molecule has 0 bridgehead atoms. The van der Waals surface area contributed by atoms with E-state index in [1.54, 1.807) is 4.52 Å². The maximum absolute atomic E-state index is 5.42. The van der Waals surface area contributed by atoms with Crippen LogP contribution in [0, 0.1) is 0 Å². The fourth-order valence-electron chi connectivity index (χ4n) is 3.05. The van der Waals surface area contributed by atoms with E-state index in [2.05, 4.69) is 32.4 Å². The Morgan fingerprint density at radius 2 is 1.88 bits per heavy atom. The molecule has 0 aliphatic carbocycles. The van der Waals surface area contributed by atoms with Gasteiger partial charge in [0, 0.05) is 31.2 Å². The highest BCUT2D eigenvalue weighted by Crippen LogP contribution is 2.18. The summed E-state index contributed by atoms with van der Waals surface area (Å²) in [6, 6.07) is 14.3. The van der Waals surface area contributed by atoms with Crippen molar-refractivity contribution in [1.29, 1.82) is 0 Å². The topological polar surface area (TPSA) is 67.6 Å². The number of nitrogens with one attached hydrogen (secondary N) is 1. The molecule has 3 aromatic rings. The number of benzene rings is 1. The zero-order chi connectivity index (χ0) is 17.1. The lowest BCUT2D eigenvalue weighted by molar-refractivity contribution is 0.0227. The minimum atomic E-state index is 0.427. The van der Waals surface area contributed by atoms with Gasteiger partial charge in [0.2, 0.25) is 0 Å². The molecule has 7 heteroatoms. The van der Waals surface area contributed by atoms with Gasteiger partial charge in [-0.25, -0.2) is 0 Å². The van der Waals surface area contributed by atoms with Gasteiger partial charge in [0.1, 0.15) is 5.82 Å². The predicted molar refractivity (Wildman–Crippen MR) is 96.6 cm³/mol. The monoisotopic (exact) mass is 338 g/mol. The van der Waals surface area contributed by atoms with Crippen molar-refractivity contribution in [2.75, 3.05) is 38.2 Å². The lowest BCUT2D eigenvalue weighted by atomic mass is 10.2. The summed E-state index contributed by atoms with van der Waals surface area (Å²) >= 11 is 0. The van der Waals surface area contributed by atoms with Crippen LogP contribution >= 0.6 is 0 Å². The molecule has 1 N–H and O–H groups in total. The van der Waals surface area contributed by atoms with Gasteiger partial charge in [-0.3, -0.25) is 4.90 Å². The molecule has 4 rings (SSSR count). The molecule has 25 heavy (non-hydrogen) atoms. The zero-order valence-electron chi connectivity index (χ0n) is 14.3. The number of aromatic nitrogens is 4. The van der Waals surface area contributed by atoms with Crippen molar-refractivity contribution in [3.8, 4) is 11.4 Å². The van der Waals surface area contributed by atoms with Gasteiger partial charge in [0.15, 0.2) is 11.5 Å². The number of rotatable bonds is 5. The lowest BCUT2D eigenvalue weighted by Crippen LogP contribution is -2.45. The Kier molecular flexibility index (Phi) is 4.58. The van der Waals surface area contributed by atoms with E-state index in [0.29, 0.717) is 6.04 Å². The molecule has 0 amide bonds. The summed E-state index contributed by atoms with van der Waals surface area (Å²) in [6.45, 7) is 6.66. The Morgan fingerprint density at radius 3 is 2.68 bits per heavy atom. The molecule has 3 heterocycles. The summed E-state index contributed by atoms with van der Waals surface area (Å²) in [5, 5.41) is 16.6. The first-order chi connectivity index (χ1) is 12.3. The Hall–Kier alpha value is -2.51. The van der Waals surface area contributed by atoms with Crippen molar-refractivity contribution in [3.05, 3.63) is 42.5 Å². The normalized spacial score (nSPS) is 16.8. The number of nitrogens with zero attached hydrogens (tertiary/aromatic N) is 5. The third kappa shape index (κ3) is 3.47. The van der Waals surface area contributed by atoms with Crippen molar-refractivity contribution in [2.24, 2.45) is 0 Å². The van der Waals surface area contributed by atoms with Crippen LogP contribution in [0.4, 0.5) is 5.82 Å². The first-order valence-corrected chi connectivity index (χ1v) is 8.65. The summed E-state index contributed by atoms with van der Waals surface area (Å²) in [4.78, 5) is 2.43. The average molecular weight is 338 g/mol. The molecule has 0 spiro atoms. The highest BCUT2D eigenvalue weighted by atomic mass is 16.5. The van der Waals surface area contributed by atoms with E-state index < -0.39 is 0 Å². The maximum atomic E-state index is 5.42. The van der Waals surface area contributed by atoms with Crippen LogP contribution < -0.4 is 5.32 Å². The predicted octanol–water partition coefficient (Wildman–Crippen LogP) is 1.92. The molecule has 1 aliphatic rings. The molecule has 0 radical (unpaired) electrons. The Balaban J connectivity index is 1.50. The molecule has 0 saturated carbocycles. The average Bonchev–Trinajstić information content (AvgIpc) is 3.10. The first-order valence-electron chi connectivity index (χ1n) is 8.65. The van der Waals surface area contributed by atoms with Gasteiger partial charge in [0.25, 0.3) is 0 Å². The van der Waals surface area contributed by atoms with Gasteiger partial charge in [0.05, 0.1) is 13.2 Å². The second-order valence-electron chi connectivity index (χ2n) is 6.26. The van der Waals surface area contributed by atoms with E-state index in [0.717, 1.165) is 55.7 Å². The van der Waals surface area contributed by atoms with Crippen LogP contribution in [0.5, 0.6) is 0 Å². The van der Waals surface area contributed by atoms with Gasteiger partial charge in [-0.2, -0.15) is 4.52 Å². The fourth-order valence-corrected chi connectivity index (χ4v) is 3.05. The van der Waals surface area contributed by atoms with E-state index in [1.165, 1.54) is 0 Å². The van der Waals surface area contributed by atoms with Crippen LogP contribution in [-0.2, 0) is 4.74 Å². The van der Waals surface area contributed by atoms with Gasteiger partial charge >= 0.3 is 0 Å². The van der Waals surface area contributed by atoms with Crippen LogP contribution in [0.3, 0.4) is 0 Å². The molecule has 1 unspecified atom stereocenters. The smallest absolute Gasteiger partial charge is 0.185 e. The van der Waals surface area contributed by atoms with Crippen molar-refractivity contribution in [1.82, 2.24) is 24.7 Å². The third-order valence-corrected chi connectivity index (χ3v) is 4.54. The number of hydrogen-bond donors (Lipinski definition) is 1. The highest BCUT2D eigenvalue weighted by Gasteiger charge is 2.17. The molecular formula is C18H22N6O. The van der Waals surface area contributed by atoms with Crippen molar-refractivity contribution >= 4 is 11.5 Å². The number of fused-ring (bicyclic) bond motifs is 1. The number of anilines is 1. The molecule has 1 atom stereocenters. The van der Waals surface area contributed by atoms with Crippen LogP contribution in [0.1, 0.15) is 6.92 Å². The van der Waals surface area contributed by atoms with E-state index in [-0.39, 0.29) is 0 Å². The fraction of sp³-hybridized carbons (Fsp3) is 0.389. The molecule has 1 aliphatic heterocycles. The van der Waals surface area contributed by atoms with Crippen LogP contribution in [0.2, 0.25) is 0 Å². The van der Waals surface area contributed by atoms with E-state index in [1.807, 2.05) is 42.5 Å². The minimum Gasteiger partial charge on any atom is -0.379 e. The van der Waals surface area contributed by atoms with E-state index >= 15 is 0 Å². The van der Waals surface area contributed by atoms with E-state index in [9.17, 15) is 0 Å². The van der Waals surface area contributed by atoms with Crippen LogP contribution in [-0.4, -0.2) is 63.6 Å².